The third-order valence-electron chi connectivity index (χ3n) is 1.97. The molecule has 0 bridgehead atoms. The minimum atomic E-state index is -0.130. The number of hydrogen-bond donors (Lipinski definition) is 1. The molecule has 1 amide bonds. The van der Waals surface area contributed by atoms with Crippen LogP contribution in [0.4, 0.5) is 5.69 Å². The van der Waals surface area contributed by atoms with E-state index in [2.05, 4.69) is 37.2 Å². The molecule has 2 aromatic rings. The highest BCUT2D eigenvalue weighted by Crippen LogP contribution is 2.27. The Morgan fingerprint density at radius 3 is 2.59 bits per heavy atom. The Labute approximate surface area is 124 Å². The van der Waals surface area contributed by atoms with Gasteiger partial charge >= 0.3 is 0 Å². The monoisotopic (exact) mass is 393 g/mol. The van der Waals surface area contributed by atoms with Gasteiger partial charge in [0, 0.05) is 10.2 Å². The largest absolute Gasteiger partial charge is 0.321 e. The molecule has 1 N–H and O–H groups in total. The van der Waals surface area contributed by atoms with Gasteiger partial charge in [0.15, 0.2) is 0 Å². The molecule has 2 nitrogen and oxygen atoms in total. The van der Waals surface area contributed by atoms with Gasteiger partial charge in [-0.2, -0.15) is 0 Å². The molecule has 1 heterocycles. The predicted octanol–water partition coefficient (Wildman–Crippen LogP) is 5.18. The Morgan fingerprint density at radius 1 is 1.24 bits per heavy atom. The number of nitrogens with one attached hydrogen (secondary N) is 1. The van der Waals surface area contributed by atoms with E-state index >= 15 is 0 Å². The molecule has 0 fully saturated rings. The fraction of sp³-hybridized carbons (Fsp3) is 0. The molecule has 0 spiro atoms. The van der Waals surface area contributed by atoms with Crippen molar-refractivity contribution in [3.8, 4) is 0 Å². The number of benzene rings is 1. The standard InChI is InChI=1S/C11H6Br2ClNOS/c12-7-5-6(1-2-8(7)14)15-11(16)9-3-4-10(13)17-9/h1-5H,(H,15,16). The van der Waals surface area contributed by atoms with E-state index in [1.165, 1.54) is 11.3 Å². The molecule has 88 valence electrons. The van der Waals surface area contributed by atoms with E-state index in [0.29, 0.717) is 15.6 Å². The summed E-state index contributed by atoms with van der Waals surface area (Å²) in [7, 11) is 0. The molecule has 0 saturated heterocycles. The lowest BCUT2D eigenvalue weighted by atomic mass is 10.3. The maximum absolute atomic E-state index is 11.9. The quantitative estimate of drug-likeness (QED) is 0.746. The Morgan fingerprint density at radius 2 is 2.00 bits per heavy atom. The van der Waals surface area contributed by atoms with E-state index in [0.717, 1.165) is 8.26 Å². The van der Waals surface area contributed by atoms with Gasteiger partial charge in [-0.15, -0.1) is 11.3 Å². The summed E-state index contributed by atoms with van der Waals surface area (Å²) < 4.78 is 1.68. The van der Waals surface area contributed by atoms with Crippen LogP contribution in [0.5, 0.6) is 0 Å². The van der Waals surface area contributed by atoms with E-state index in [1.54, 1.807) is 24.3 Å². The topological polar surface area (TPSA) is 29.1 Å². The van der Waals surface area contributed by atoms with Crippen LogP contribution in [0.3, 0.4) is 0 Å². The summed E-state index contributed by atoms with van der Waals surface area (Å²) >= 11 is 13.9. The first kappa shape index (κ1) is 13.1. The Kier molecular flexibility index (Phi) is 4.25. The van der Waals surface area contributed by atoms with Gasteiger partial charge < -0.3 is 5.32 Å². The first-order chi connectivity index (χ1) is 8.06. The van der Waals surface area contributed by atoms with Crippen molar-refractivity contribution in [3.63, 3.8) is 0 Å². The molecule has 0 unspecified atom stereocenters. The SMILES string of the molecule is O=C(Nc1ccc(Cl)c(Br)c1)c1ccc(Br)s1. The Balaban J connectivity index is 2.15. The third kappa shape index (κ3) is 3.31. The molecule has 1 aromatic carbocycles. The fourth-order valence-electron chi connectivity index (χ4n) is 1.20. The summed E-state index contributed by atoms with van der Waals surface area (Å²) in [4.78, 5) is 12.5. The van der Waals surface area contributed by atoms with Gasteiger partial charge in [0.2, 0.25) is 0 Å². The van der Waals surface area contributed by atoms with Gasteiger partial charge in [-0.25, -0.2) is 0 Å². The molecule has 0 atom stereocenters. The summed E-state index contributed by atoms with van der Waals surface area (Å²) in [5.41, 5.74) is 0.704. The highest BCUT2D eigenvalue weighted by Gasteiger charge is 2.09. The van der Waals surface area contributed by atoms with Crippen molar-refractivity contribution in [3.05, 3.63) is 48.5 Å². The Hall–Kier alpha value is -0.360. The van der Waals surface area contributed by atoms with E-state index in [-0.39, 0.29) is 5.91 Å². The van der Waals surface area contributed by atoms with Gasteiger partial charge in [0.25, 0.3) is 5.91 Å². The molecule has 17 heavy (non-hydrogen) atoms. The second-order valence-electron chi connectivity index (χ2n) is 3.19. The smallest absolute Gasteiger partial charge is 0.265 e. The number of thiophene rings is 1. The number of carbonyl (C=O) groups excluding carboxylic acids is 1. The minimum absolute atomic E-state index is 0.130. The molecule has 0 aliphatic rings. The minimum Gasteiger partial charge on any atom is -0.321 e. The molecular weight excluding hydrogens is 389 g/mol. The van der Waals surface area contributed by atoms with Crippen LogP contribution in [0.1, 0.15) is 9.67 Å². The highest BCUT2D eigenvalue weighted by atomic mass is 79.9. The zero-order chi connectivity index (χ0) is 12.4. The van der Waals surface area contributed by atoms with Crippen molar-refractivity contribution < 1.29 is 4.79 Å². The van der Waals surface area contributed by atoms with E-state index < -0.39 is 0 Å². The molecule has 0 aliphatic heterocycles. The lowest BCUT2D eigenvalue weighted by Gasteiger charge is -2.04. The lowest BCUT2D eigenvalue weighted by Crippen LogP contribution is -2.09. The van der Waals surface area contributed by atoms with Gasteiger partial charge in [-0.3, -0.25) is 4.79 Å². The fourth-order valence-corrected chi connectivity index (χ4v) is 2.98. The van der Waals surface area contributed by atoms with Gasteiger partial charge in [-0.1, -0.05) is 11.6 Å². The zero-order valence-corrected chi connectivity index (χ0v) is 13.1. The maximum Gasteiger partial charge on any atom is 0.265 e. The van der Waals surface area contributed by atoms with Crippen LogP contribution in [-0.2, 0) is 0 Å². The second kappa shape index (κ2) is 5.52. The van der Waals surface area contributed by atoms with Gasteiger partial charge in [0.05, 0.1) is 13.7 Å². The van der Waals surface area contributed by atoms with Crippen LogP contribution in [0.15, 0.2) is 38.6 Å². The first-order valence-electron chi connectivity index (χ1n) is 4.58. The number of halogens is 3. The van der Waals surface area contributed by atoms with Crippen LogP contribution in [0.2, 0.25) is 5.02 Å². The Bertz CT molecular complexity index is 570. The summed E-state index contributed by atoms with van der Waals surface area (Å²) in [6.45, 7) is 0. The maximum atomic E-state index is 11.9. The summed E-state index contributed by atoms with van der Waals surface area (Å²) in [5, 5.41) is 3.41. The summed E-state index contributed by atoms with van der Waals surface area (Å²) in [5.74, 6) is -0.130. The molecule has 6 heteroatoms. The van der Waals surface area contributed by atoms with Crippen LogP contribution in [0.25, 0.3) is 0 Å². The number of carbonyl (C=O) groups is 1. The van der Waals surface area contributed by atoms with Crippen molar-refractivity contribution >= 4 is 66.4 Å². The molecule has 0 radical (unpaired) electrons. The van der Waals surface area contributed by atoms with Crippen molar-refractivity contribution in [2.45, 2.75) is 0 Å². The molecule has 0 aliphatic carbocycles. The van der Waals surface area contributed by atoms with Gasteiger partial charge in [0.1, 0.15) is 0 Å². The van der Waals surface area contributed by atoms with Gasteiger partial charge in [-0.05, 0) is 62.2 Å². The van der Waals surface area contributed by atoms with Crippen molar-refractivity contribution in [2.24, 2.45) is 0 Å². The molecule has 2 rings (SSSR count). The number of amides is 1. The van der Waals surface area contributed by atoms with E-state index in [1.807, 2.05) is 6.07 Å². The zero-order valence-electron chi connectivity index (χ0n) is 8.34. The predicted molar refractivity (Wildman–Crippen MR) is 79.1 cm³/mol. The van der Waals surface area contributed by atoms with Crippen LogP contribution in [-0.4, -0.2) is 5.91 Å². The average molecular weight is 396 g/mol. The van der Waals surface area contributed by atoms with Crippen molar-refractivity contribution in [2.75, 3.05) is 5.32 Å². The number of rotatable bonds is 2. The van der Waals surface area contributed by atoms with Crippen LogP contribution in [0, 0.1) is 0 Å². The van der Waals surface area contributed by atoms with Crippen LogP contribution >= 0.6 is 54.8 Å². The summed E-state index contributed by atoms with van der Waals surface area (Å²) in [6, 6.07) is 8.87. The molecular formula is C11H6Br2ClNOS. The second-order valence-corrected chi connectivity index (χ2v) is 6.91. The first-order valence-corrected chi connectivity index (χ1v) is 7.36. The number of hydrogen-bond acceptors (Lipinski definition) is 2. The molecule has 1 aromatic heterocycles. The highest BCUT2D eigenvalue weighted by molar-refractivity contribution is 9.11. The van der Waals surface area contributed by atoms with Crippen molar-refractivity contribution in [1.29, 1.82) is 0 Å². The third-order valence-corrected chi connectivity index (χ3v) is 4.81. The van der Waals surface area contributed by atoms with E-state index in [9.17, 15) is 4.79 Å². The summed E-state index contributed by atoms with van der Waals surface area (Å²) in [6.07, 6.45) is 0. The van der Waals surface area contributed by atoms with Crippen molar-refractivity contribution in [1.82, 2.24) is 0 Å². The molecule has 0 saturated carbocycles. The van der Waals surface area contributed by atoms with E-state index in [4.69, 9.17) is 11.6 Å². The normalized spacial score (nSPS) is 10.3. The average Bonchev–Trinajstić information content (AvgIpc) is 2.70. The van der Waals surface area contributed by atoms with Crippen LogP contribution < -0.4 is 5.32 Å². The lowest BCUT2D eigenvalue weighted by molar-refractivity contribution is 0.103. The number of anilines is 1.